The minimum Gasteiger partial charge on any atom is -0.490 e. The van der Waals surface area contributed by atoms with E-state index >= 15 is 0 Å². The lowest BCUT2D eigenvalue weighted by atomic mass is 10.1. The molecule has 3 rings (SSSR count). The highest BCUT2D eigenvalue weighted by Gasteiger charge is 2.29. The van der Waals surface area contributed by atoms with Crippen LogP contribution in [0.15, 0.2) is 17.0 Å². The molecule has 0 bridgehead atoms. The fourth-order valence-corrected chi connectivity index (χ4v) is 4.81. The molecule has 2 saturated carbocycles. The Morgan fingerprint density at radius 3 is 2.19 bits per heavy atom. The van der Waals surface area contributed by atoms with Crippen LogP contribution in [0.4, 0.5) is 0 Å². The van der Waals surface area contributed by atoms with E-state index in [1.807, 2.05) is 0 Å². The predicted molar refractivity (Wildman–Crippen MR) is 99.3 cm³/mol. The Kier molecular flexibility index (Phi) is 6.08. The summed E-state index contributed by atoms with van der Waals surface area (Å²) in [7, 11) is -2.63. The van der Waals surface area contributed by atoms with E-state index in [0.29, 0.717) is 11.3 Å². The second-order valence-electron chi connectivity index (χ2n) is 7.35. The van der Waals surface area contributed by atoms with Crippen LogP contribution in [-0.4, -0.2) is 43.2 Å². The molecule has 0 spiro atoms. The standard InChI is InChI=1S/C19H27NO6S/c1-13-17(19(21)22)11-16(12-18(13)25-14-7-3-4-8-14)27(23,24)20(2)26-15-9-5-6-10-15/h11-12,14-15H,3-10H2,1-2H3,(H,21,22). The number of nitrogens with zero attached hydrogens (tertiary/aromatic N) is 1. The van der Waals surface area contributed by atoms with Crippen LogP contribution < -0.4 is 4.74 Å². The summed E-state index contributed by atoms with van der Waals surface area (Å²) in [6, 6.07) is 2.60. The number of hydrogen-bond donors (Lipinski definition) is 1. The van der Waals surface area contributed by atoms with Gasteiger partial charge in [-0.05, 0) is 51.5 Å². The summed E-state index contributed by atoms with van der Waals surface area (Å²) in [5.41, 5.74) is 0.367. The van der Waals surface area contributed by atoms with Gasteiger partial charge in [-0.15, -0.1) is 0 Å². The molecule has 1 aromatic carbocycles. The van der Waals surface area contributed by atoms with Gasteiger partial charge in [0.2, 0.25) is 0 Å². The molecule has 0 aromatic heterocycles. The molecule has 1 aromatic rings. The van der Waals surface area contributed by atoms with E-state index in [1.165, 1.54) is 19.2 Å². The van der Waals surface area contributed by atoms with Crippen molar-refractivity contribution in [3.8, 4) is 5.75 Å². The van der Waals surface area contributed by atoms with E-state index in [4.69, 9.17) is 9.57 Å². The Labute approximate surface area is 160 Å². The second kappa shape index (κ2) is 8.16. The lowest BCUT2D eigenvalue weighted by molar-refractivity contribution is -0.113. The van der Waals surface area contributed by atoms with Crippen molar-refractivity contribution in [2.24, 2.45) is 0 Å². The van der Waals surface area contributed by atoms with E-state index in [2.05, 4.69) is 0 Å². The number of carbonyl (C=O) groups is 1. The third-order valence-electron chi connectivity index (χ3n) is 5.40. The average Bonchev–Trinajstić information content (AvgIpc) is 3.30. The van der Waals surface area contributed by atoms with Crippen molar-refractivity contribution in [2.45, 2.75) is 75.4 Å². The Balaban J connectivity index is 1.92. The number of benzene rings is 1. The topological polar surface area (TPSA) is 93.1 Å². The molecule has 0 atom stereocenters. The first-order valence-corrected chi connectivity index (χ1v) is 10.9. The summed E-state index contributed by atoms with van der Waals surface area (Å²) in [5, 5.41) is 9.51. The van der Waals surface area contributed by atoms with Crippen LogP contribution in [0.5, 0.6) is 5.75 Å². The summed E-state index contributed by atoms with van der Waals surface area (Å²) < 4.78 is 32.7. The number of carboxylic acid groups (broad SMARTS) is 1. The summed E-state index contributed by atoms with van der Waals surface area (Å²) in [6.45, 7) is 1.64. The molecule has 27 heavy (non-hydrogen) atoms. The molecule has 2 aliphatic carbocycles. The summed E-state index contributed by atoms with van der Waals surface area (Å²) in [6.07, 6.45) is 7.47. The summed E-state index contributed by atoms with van der Waals surface area (Å²) in [4.78, 5) is 17.1. The lowest BCUT2D eigenvalue weighted by Crippen LogP contribution is -2.31. The number of rotatable bonds is 7. The number of hydrogen-bond acceptors (Lipinski definition) is 5. The van der Waals surface area contributed by atoms with Gasteiger partial charge in [0.15, 0.2) is 0 Å². The molecule has 2 fully saturated rings. The molecule has 0 radical (unpaired) electrons. The maximum absolute atomic E-state index is 12.9. The molecule has 0 amide bonds. The van der Waals surface area contributed by atoms with Crippen LogP contribution in [0.25, 0.3) is 0 Å². The molecule has 150 valence electrons. The monoisotopic (exact) mass is 397 g/mol. The third-order valence-corrected chi connectivity index (χ3v) is 6.99. The zero-order chi connectivity index (χ0) is 19.6. The summed E-state index contributed by atoms with van der Waals surface area (Å²) >= 11 is 0. The Hall–Kier alpha value is -1.64. The highest BCUT2D eigenvalue weighted by Crippen LogP contribution is 2.32. The van der Waals surface area contributed by atoms with E-state index < -0.39 is 16.0 Å². The predicted octanol–water partition coefficient (Wildman–Crippen LogP) is 3.51. The van der Waals surface area contributed by atoms with Crippen molar-refractivity contribution in [1.82, 2.24) is 4.47 Å². The van der Waals surface area contributed by atoms with E-state index in [0.717, 1.165) is 55.8 Å². The quantitative estimate of drug-likeness (QED) is 0.708. The minimum absolute atomic E-state index is 0.00392. The first kappa shape index (κ1) is 20.1. The average molecular weight is 397 g/mol. The maximum atomic E-state index is 12.9. The van der Waals surface area contributed by atoms with Crippen molar-refractivity contribution in [3.63, 3.8) is 0 Å². The number of hydroxylamine groups is 1. The molecular formula is C19H27NO6S. The second-order valence-corrected chi connectivity index (χ2v) is 9.29. The van der Waals surface area contributed by atoms with Gasteiger partial charge < -0.3 is 9.84 Å². The van der Waals surface area contributed by atoms with Gasteiger partial charge in [0.1, 0.15) is 5.75 Å². The van der Waals surface area contributed by atoms with Crippen LogP contribution in [0, 0.1) is 6.92 Å². The van der Waals surface area contributed by atoms with Gasteiger partial charge in [-0.25, -0.2) is 13.2 Å². The van der Waals surface area contributed by atoms with Crippen LogP contribution >= 0.6 is 0 Å². The zero-order valence-corrected chi connectivity index (χ0v) is 16.6. The smallest absolute Gasteiger partial charge is 0.336 e. The molecule has 2 aliphatic rings. The number of aromatic carboxylic acids is 1. The molecule has 0 unspecified atom stereocenters. The van der Waals surface area contributed by atoms with Crippen LogP contribution in [0.1, 0.15) is 67.3 Å². The lowest BCUT2D eigenvalue weighted by Gasteiger charge is -2.22. The number of ether oxygens (including phenoxy) is 1. The zero-order valence-electron chi connectivity index (χ0n) is 15.8. The third kappa shape index (κ3) is 4.44. The Morgan fingerprint density at radius 1 is 1.07 bits per heavy atom. The fourth-order valence-electron chi connectivity index (χ4n) is 3.75. The number of sulfonamides is 1. The Morgan fingerprint density at radius 2 is 1.63 bits per heavy atom. The van der Waals surface area contributed by atoms with Gasteiger partial charge in [-0.1, -0.05) is 17.3 Å². The van der Waals surface area contributed by atoms with Gasteiger partial charge in [0.25, 0.3) is 10.0 Å². The first-order chi connectivity index (χ1) is 12.8. The molecule has 0 heterocycles. The van der Waals surface area contributed by atoms with E-state index in [1.54, 1.807) is 6.92 Å². The van der Waals surface area contributed by atoms with Crippen LogP contribution in [-0.2, 0) is 14.9 Å². The van der Waals surface area contributed by atoms with E-state index in [9.17, 15) is 18.3 Å². The van der Waals surface area contributed by atoms with Crippen molar-refractivity contribution < 1.29 is 27.9 Å². The SMILES string of the molecule is Cc1c(OC2CCCC2)cc(S(=O)(=O)N(C)OC2CCCC2)cc1C(=O)O. The van der Waals surface area contributed by atoms with Gasteiger partial charge in [0, 0.05) is 18.7 Å². The van der Waals surface area contributed by atoms with Gasteiger partial charge >= 0.3 is 5.97 Å². The normalized spacial score (nSPS) is 19.1. The molecule has 0 saturated heterocycles. The molecule has 0 aliphatic heterocycles. The molecular weight excluding hydrogens is 370 g/mol. The van der Waals surface area contributed by atoms with Gasteiger partial charge in [-0.3, -0.25) is 4.84 Å². The van der Waals surface area contributed by atoms with E-state index in [-0.39, 0.29) is 22.7 Å². The Bertz CT molecular complexity index is 795. The minimum atomic E-state index is -3.99. The molecule has 7 nitrogen and oxygen atoms in total. The van der Waals surface area contributed by atoms with Crippen molar-refractivity contribution in [1.29, 1.82) is 0 Å². The number of carboxylic acids is 1. The molecule has 8 heteroatoms. The van der Waals surface area contributed by atoms with Crippen molar-refractivity contribution in [2.75, 3.05) is 7.05 Å². The van der Waals surface area contributed by atoms with Crippen LogP contribution in [0.3, 0.4) is 0 Å². The first-order valence-electron chi connectivity index (χ1n) is 9.49. The summed E-state index contributed by atoms with van der Waals surface area (Å²) in [5.74, 6) is -0.866. The highest BCUT2D eigenvalue weighted by atomic mass is 32.2. The van der Waals surface area contributed by atoms with Crippen LogP contribution in [0.2, 0.25) is 0 Å². The van der Waals surface area contributed by atoms with Gasteiger partial charge in [-0.2, -0.15) is 0 Å². The van der Waals surface area contributed by atoms with Crippen molar-refractivity contribution in [3.05, 3.63) is 23.3 Å². The molecule has 1 N–H and O–H groups in total. The largest absolute Gasteiger partial charge is 0.490 e. The van der Waals surface area contributed by atoms with Crippen molar-refractivity contribution >= 4 is 16.0 Å². The fraction of sp³-hybridized carbons (Fsp3) is 0.632. The van der Waals surface area contributed by atoms with Gasteiger partial charge in [0.05, 0.1) is 22.7 Å². The highest BCUT2D eigenvalue weighted by molar-refractivity contribution is 7.89. The maximum Gasteiger partial charge on any atom is 0.336 e.